The van der Waals surface area contributed by atoms with Crippen molar-refractivity contribution in [3.8, 4) is 0 Å². The Morgan fingerprint density at radius 2 is 1.94 bits per heavy atom. The van der Waals surface area contributed by atoms with Gasteiger partial charge in [0.25, 0.3) is 0 Å². The number of fused-ring (bicyclic) bond motifs is 2. The normalized spacial score (nSPS) is 30.5. The molecule has 2 fully saturated rings. The summed E-state index contributed by atoms with van der Waals surface area (Å²) in [6, 6.07) is 9.41. The highest BCUT2D eigenvalue weighted by Gasteiger charge is 2.42. The van der Waals surface area contributed by atoms with Crippen LogP contribution in [0, 0.1) is 12.8 Å². The Bertz CT molecular complexity index is 457. The zero-order valence-corrected chi connectivity index (χ0v) is 10.7. The molecule has 0 spiro atoms. The van der Waals surface area contributed by atoms with E-state index in [1.807, 2.05) is 0 Å². The van der Waals surface area contributed by atoms with Gasteiger partial charge in [-0.25, -0.2) is 0 Å². The second-order valence-electron chi connectivity index (χ2n) is 5.64. The summed E-state index contributed by atoms with van der Waals surface area (Å²) < 4.78 is 0. The predicted molar refractivity (Wildman–Crippen MR) is 70.8 cm³/mol. The summed E-state index contributed by atoms with van der Waals surface area (Å²) in [5, 5.41) is 9.18. The molecule has 0 radical (unpaired) electrons. The van der Waals surface area contributed by atoms with Crippen molar-refractivity contribution in [1.82, 2.24) is 0 Å². The number of carboxylic acids is 1. The number of aryl methyl sites for hydroxylation is 1. The summed E-state index contributed by atoms with van der Waals surface area (Å²) in [5.41, 5.74) is 2.54. The third-order valence-electron chi connectivity index (χ3n) is 4.38. The van der Waals surface area contributed by atoms with Crippen LogP contribution in [0.15, 0.2) is 24.3 Å². The molecule has 18 heavy (non-hydrogen) atoms. The van der Waals surface area contributed by atoms with E-state index >= 15 is 0 Å². The van der Waals surface area contributed by atoms with Crippen molar-refractivity contribution in [3.63, 3.8) is 0 Å². The van der Waals surface area contributed by atoms with Crippen LogP contribution in [0.2, 0.25) is 0 Å². The monoisotopic (exact) mass is 245 g/mol. The molecule has 2 atom stereocenters. The Balaban J connectivity index is 1.86. The predicted octanol–water partition coefficient (Wildman–Crippen LogP) is 2.83. The number of anilines is 1. The molecule has 0 saturated carbocycles. The fraction of sp³-hybridized carbons (Fsp3) is 0.533. The van der Waals surface area contributed by atoms with E-state index in [2.05, 4.69) is 36.1 Å². The van der Waals surface area contributed by atoms with Crippen LogP contribution < -0.4 is 4.90 Å². The molecule has 0 aromatic heterocycles. The Labute approximate surface area is 107 Å². The molecule has 2 aliphatic rings. The van der Waals surface area contributed by atoms with Crippen LogP contribution >= 0.6 is 0 Å². The maximum atomic E-state index is 11.2. The number of benzene rings is 1. The van der Waals surface area contributed by atoms with Gasteiger partial charge in [0.1, 0.15) is 0 Å². The molecular formula is C15H19NO2. The number of piperidine rings is 1. The van der Waals surface area contributed by atoms with E-state index in [4.69, 9.17) is 0 Å². The van der Waals surface area contributed by atoms with Crippen molar-refractivity contribution in [3.05, 3.63) is 29.8 Å². The minimum Gasteiger partial charge on any atom is -0.481 e. The van der Waals surface area contributed by atoms with Crippen LogP contribution in [-0.2, 0) is 4.79 Å². The molecule has 1 aromatic rings. The molecule has 96 valence electrons. The van der Waals surface area contributed by atoms with Gasteiger partial charge < -0.3 is 10.0 Å². The van der Waals surface area contributed by atoms with Gasteiger partial charge in [-0.3, -0.25) is 4.79 Å². The van der Waals surface area contributed by atoms with Crippen LogP contribution in [0.5, 0.6) is 0 Å². The van der Waals surface area contributed by atoms with Gasteiger partial charge in [0, 0.05) is 17.8 Å². The smallest absolute Gasteiger partial charge is 0.306 e. The average molecular weight is 245 g/mol. The number of nitrogens with zero attached hydrogens (tertiary/aromatic N) is 1. The summed E-state index contributed by atoms with van der Waals surface area (Å²) >= 11 is 0. The Morgan fingerprint density at radius 3 is 2.50 bits per heavy atom. The molecule has 0 aliphatic carbocycles. The zero-order valence-electron chi connectivity index (χ0n) is 10.7. The topological polar surface area (TPSA) is 40.5 Å². The molecule has 2 bridgehead atoms. The third-order valence-corrected chi connectivity index (χ3v) is 4.38. The Hall–Kier alpha value is -1.51. The quantitative estimate of drug-likeness (QED) is 0.871. The molecule has 0 amide bonds. The summed E-state index contributed by atoms with van der Waals surface area (Å²) in [5.74, 6) is -0.751. The van der Waals surface area contributed by atoms with Crippen LogP contribution in [0.1, 0.15) is 31.2 Å². The number of hydrogen-bond acceptors (Lipinski definition) is 2. The van der Waals surface area contributed by atoms with Crippen molar-refractivity contribution in [2.75, 3.05) is 4.90 Å². The summed E-state index contributed by atoms with van der Waals surface area (Å²) in [6.07, 6.45) is 3.89. The van der Waals surface area contributed by atoms with Gasteiger partial charge in [-0.1, -0.05) is 12.1 Å². The maximum absolute atomic E-state index is 11.2. The van der Waals surface area contributed by atoms with E-state index in [9.17, 15) is 9.90 Å². The second kappa shape index (κ2) is 4.30. The Kier molecular flexibility index (Phi) is 2.77. The highest BCUT2D eigenvalue weighted by Crippen LogP contribution is 2.41. The maximum Gasteiger partial charge on any atom is 0.306 e. The molecule has 1 N–H and O–H groups in total. The molecule has 1 aromatic carbocycles. The largest absolute Gasteiger partial charge is 0.481 e. The molecule has 2 unspecified atom stereocenters. The molecule has 2 saturated heterocycles. The Morgan fingerprint density at radius 1 is 1.28 bits per heavy atom. The van der Waals surface area contributed by atoms with Gasteiger partial charge in [-0.15, -0.1) is 0 Å². The first-order chi connectivity index (χ1) is 8.65. The summed E-state index contributed by atoms with van der Waals surface area (Å²) in [4.78, 5) is 13.6. The first-order valence-electron chi connectivity index (χ1n) is 6.73. The van der Waals surface area contributed by atoms with Gasteiger partial charge in [0.15, 0.2) is 0 Å². The van der Waals surface area contributed by atoms with Gasteiger partial charge >= 0.3 is 5.97 Å². The molecule has 2 heterocycles. The van der Waals surface area contributed by atoms with Crippen molar-refractivity contribution in [1.29, 1.82) is 0 Å². The summed E-state index contributed by atoms with van der Waals surface area (Å²) in [7, 11) is 0. The van der Waals surface area contributed by atoms with E-state index in [1.165, 1.54) is 11.3 Å². The zero-order chi connectivity index (χ0) is 12.7. The van der Waals surface area contributed by atoms with Gasteiger partial charge in [-0.05, 0) is 50.3 Å². The van der Waals surface area contributed by atoms with E-state index in [1.54, 1.807) is 0 Å². The van der Waals surface area contributed by atoms with E-state index in [-0.39, 0.29) is 5.92 Å². The van der Waals surface area contributed by atoms with Crippen molar-refractivity contribution in [2.24, 2.45) is 5.92 Å². The van der Waals surface area contributed by atoms with Crippen molar-refractivity contribution in [2.45, 2.75) is 44.7 Å². The van der Waals surface area contributed by atoms with E-state index < -0.39 is 5.97 Å². The lowest BCUT2D eigenvalue weighted by Crippen LogP contribution is -2.44. The number of rotatable bonds is 2. The highest BCUT2D eigenvalue weighted by atomic mass is 16.4. The lowest BCUT2D eigenvalue weighted by molar-refractivity contribution is -0.142. The van der Waals surface area contributed by atoms with Crippen LogP contribution in [0.25, 0.3) is 0 Å². The fourth-order valence-electron chi connectivity index (χ4n) is 3.59. The fourth-order valence-corrected chi connectivity index (χ4v) is 3.59. The molecule has 3 nitrogen and oxygen atoms in total. The van der Waals surface area contributed by atoms with Crippen LogP contribution in [0.4, 0.5) is 5.69 Å². The van der Waals surface area contributed by atoms with Crippen LogP contribution in [0.3, 0.4) is 0 Å². The summed E-state index contributed by atoms with van der Waals surface area (Å²) in [6.45, 7) is 2.11. The van der Waals surface area contributed by atoms with Crippen molar-refractivity contribution >= 4 is 11.7 Å². The lowest BCUT2D eigenvalue weighted by atomic mass is 9.90. The second-order valence-corrected chi connectivity index (χ2v) is 5.64. The van der Waals surface area contributed by atoms with Gasteiger partial charge in [0.05, 0.1) is 5.92 Å². The average Bonchev–Trinajstić information content (AvgIpc) is 2.59. The first kappa shape index (κ1) is 11.6. The number of hydrogen-bond donors (Lipinski definition) is 1. The SMILES string of the molecule is Cc1cccc(N2C3CCC2CC(C(=O)O)C3)c1. The molecular weight excluding hydrogens is 226 g/mol. The standard InChI is InChI=1S/C15H19NO2/c1-10-3-2-4-12(7-10)16-13-5-6-14(16)9-11(8-13)15(17)18/h2-4,7,11,13-14H,5-6,8-9H2,1H3,(H,17,18). The highest BCUT2D eigenvalue weighted by molar-refractivity contribution is 5.71. The van der Waals surface area contributed by atoms with Gasteiger partial charge in [-0.2, -0.15) is 0 Å². The third kappa shape index (κ3) is 1.88. The number of aliphatic carboxylic acids is 1. The minimum absolute atomic E-state index is 0.136. The number of carboxylic acid groups (broad SMARTS) is 1. The molecule has 2 aliphatic heterocycles. The molecule has 3 rings (SSSR count). The van der Waals surface area contributed by atoms with E-state index in [0.29, 0.717) is 12.1 Å². The first-order valence-corrected chi connectivity index (χ1v) is 6.73. The van der Waals surface area contributed by atoms with Crippen molar-refractivity contribution < 1.29 is 9.90 Å². The minimum atomic E-state index is -0.615. The lowest BCUT2D eigenvalue weighted by Gasteiger charge is -2.39. The number of carbonyl (C=O) groups is 1. The van der Waals surface area contributed by atoms with Crippen LogP contribution in [-0.4, -0.2) is 23.2 Å². The molecule has 3 heteroatoms. The van der Waals surface area contributed by atoms with Gasteiger partial charge in [0.2, 0.25) is 0 Å². The van der Waals surface area contributed by atoms with E-state index in [0.717, 1.165) is 25.7 Å².